The highest BCUT2D eigenvalue weighted by Crippen LogP contribution is 2.48. The van der Waals surface area contributed by atoms with E-state index in [2.05, 4.69) is 0 Å². The van der Waals surface area contributed by atoms with Crippen LogP contribution < -0.4 is 0 Å². The van der Waals surface area contributed by atoms with E-state index in [1.165, 1.54) is 17.8 Å². The van der Waals surface area contributed by atoms with Gasteiger partial charge in [0.2, 0.25) is 0 Å². The van der Waals surface area contributed by atoms with Crippen LogP contribution in [0.2, 0.25) is 0 Å². The topological polar surface area (TPSA) is 66.8 Å². The van der Waals surface area contributed by atoms with Crippen molar-refractivity contribution in [1.82, 2.24) is 4.90 Å². The van der Waals surface area contributed by atoms with Gasteiger partial charge >= 0.3 is 11.9 Å². The van der Waals surface area contributed by atoms with E-state index < -0.39 is 5.97 Å². The van der Waals surface area contributed by atoms with Crippen LogP contribution >= 0.6 is 11.8 Å². The zero-order valence-electron chi connectivity index (χ0n) is 13.6. The van der Waals surface area contributed by atoms with Crippen LogP contribution in [0.5, 0.6) is 0 Å². The van der Waals surface area contributed by atoms with Gasteiger partial charge in [-0.25, -0.2) is 9.59 Å². The summed E-state index contributed by atoms with van der Waals surface area (Å²) in [5, 5.41) is 9.87. The third kappa shape index (κ3) is 3.19. The molecule has 1 N–H and O–H groups in total. The third-order valence-electron chi connectivity index (χ3n) is 3.95. The number of aliphatic carboxylic acids is 1. The smallest absolute Gasteiger partial charge is 0.337 e. The molecule has 0 amide bonds. The Labute approximate surface area is 145 Å². The molecule has 2 aliphatic heterocycles. The average Bonchev–Trinajstić information content (AvgIpc) is 3.07. The maximum atomic E-state index is 12.7. The van der Waals surface area contributed by atoms with Crippen molar-refractivity contribution < 1.29 is 19.4 Å². The molecule has 2 aliphatic rings. The molecular formula is C18H19NO4S. The summed E-state index contributed by atoms with van der Waals surface area (Å²) >= 11 is 1.50. The molecule has 3 rings (SSSR count). The summed E-state index contributed by atoms with van der Waals surface area (Å²) < 4.78 is 5.44. The van der Waals surface area contributed by atoms with E-state index in [-0.39, 0.29) is 18.0 Å². The summed E-state index contributed by atoms with van der Waals surface area (Å²) in [7, 11) is 0. The van der Waals surface area contributed by atoms with Gasteiger partial charge in [0.15, 0.2) is 0 Å². The van der Waals surface area contributed by atoms with E-state index in [1.54, 1.807) is 0 Å². The number of benzene rings is 1. The quantitative estimate of drug-likeness (QED) is 0.668. The Morgan fingerprint density at radius 2 is 2.04 bits per heavy atom. The molecule has 1 fully saturated rings. The van der Waals surface area contributed by atoms with Gasteiger partial charge in [-0.2, -0.15) is 0 Å². The fourth-order valence-corrected chi connectivity index (χ4v) is 4.25. The number of nitrogens with zero attached hydrogens (tertiary/aromatic N) is 1. The molecule has 1 aromatic rings. The van der Waals surface area contributed by atoms with Crippen LogP contribution in [-0.2, 0) is 14.3 Å². The van der Waals surface area contributed by atoms with Crippen molar-refractivity contribution in [2.75, 3.05) is 12.3 Å². The molecule has 0 spiro atoms. The first-order valence-corrected chi connectivity index (χ1v) is 8.80. The van der Waals surface area contributed by atoms with E-state index in [4.69, 9.17) is 9.84 Å². The van der Waals surface area contributed by atoms with Crippen molar-refractivity contribution in [2.24, 2.45) is 0 Å². The van der Waals surface area contributed by atoms with Crippen molar-refractivity contribution in [3.05, 3.63) is 58.3 Å². The number of carboxylic acids is 1. The van der Waals surface area contributed by atoms with Crippen LogP contribution in [0.1, 0.15) is 25.3 Å². The van der Waals surface area contributed by atoms with Crippen LogP contribution in [0.15, 0.2) is 52.7 Å². The van der Waals surface area contributed by atoms with Gasteiger partial charge in [-0.15, -0.1) is 11.8 Å². The lowest BCUT2D eigenvalue weighted by atomic mass is 9.93. The number of esters is 1. The van der Waals surface area contributed by atoms with Gasteiger partial charge in [0, 0.05) is 30.0 Å². The second-order valence-electron chi connectivity index (χ2n) is 6.01. The molecule has 5 nitrogen and oxygen atoms in total. The first-order chi connectivity index (χ1) is 11.5. The Morgan fingerprint density at radius 3 is 2.67 bits per heavy atom. The molecule has 1 unspecified atom stereocenters. The molecule has 126 valence electrons. The summed E-state index contributed by atoms with van der Waals surface area (Å²) in [5.74, 6) is -0.846. The minimum absolute atomic E-state index is 0.113. The number of ether oxygens (including phenoxy) is 1. The van der Waals surface area contributed by atoms with Gasteiger partial charge in [-0.1, -0.05) is 30.3 Å². The Balaban J connectivity index is 2.01. The summed E-state index contributed by atoms with van der Waals surface area (Å²) in [6.07, 6.45) is 1.02. The molecule has 0 radical (unpaired) electrons. The summed E-state index contributed by atoms with van der Waals surface area (Å²) in [6, 6.07) is 9.79. The van der Waals surface area contributed by atoms with Gasteiger partial charge in [0.05, 0.1) is 16.7 Å². The first-order valence-electron chi connectivity index (χ1n) is 7.81. The predicted octanol–water partition coefficient (Wildman–Crippen LogP) is 2.96. The number of hydrogen-bond acceptors (Lipinski definition) is 5. The lowest BCUT2D eigenvalue weighted by Crippen LogP contribution is -2.20. The number of thioether (sulfide) groups is 1. The van der Waals surface area contributed by atoms with Gasteiger partial charge in [-0.3, -0.25) is 0 Å². The number of carbonyl (C=O) groups excluding carboxylic acids is 1. The zero-order valence-corrected chi connectivity index (χ0v) is 14.4. The van der Waals surface area contributed by atoms with Crippen molar-refractivity contribution in [3.8, 4) is 0 Å². The molecule has 0 saturated carbocycles. The minimum atomic E-state index is -0.971. The van der Waals surface area contributed by atoms with Crippen molar-refractivity contribution in [3.63, 3.8) is 0 Å². The molecule has 1 aromatic carbocycles. The summed E-state index contributed by atoms with van der Waals surface area (Å²) in [4.78, 5) is 25.6. The van der Waals surface area contributed by atoms with E-state index >= 15 is 0 Å². The molecule has 0 aliphatic carbocycles. The summed E-state index contributed by atoms with van der Waals surface area (Å²) in [5.41, 5.74) is 2.38. The predicted molar refractivity (Wildman–Crippen MR) is 92.3 cm³/mol. The molecule has 2 heterocycles. The van der Waals surface area contributed by atoms with E-state index in [0.717, 1.165) is 16.3 Å². The molecule has 0 aromatic heterocycles. The number of carbonyl (C=O) groups is 2. The van der Waals surface area contributed by atoms with E-state index in [1.807, 2.05) is 49.1 Å². The zero-order chi connectivity index (χ0) is 17.3. The van der Waals surface area contributed by atoms with Crippen LogP contribution in [0, 0.1) is 0 Å². The SMILES string of the molecule is CC(C)OC(=O)C1=C2SC/C(=C\C(=O)O)N2CC1c1ccccc1. The maximum Gasteiger partial charge on any atom is 0.337 e. The Morgan fingerprint density at radius 1 is 1.33 bits per heavy atom. The lowest BCUT2D eigenvalue weighted by Gasteiger charge is -2.18. The minimum Gasteiger partial charge on any atom is -0.478 e. The normalized spacial score (nSPS) is 21.5. The molecule has 1 saturated heterocycles. The summed E-state index contributed by atoms with van der Waals surface area (Å²) in [6.45, 7) is 4.21. The van der Waals surface area contributed by atoms with Crippen LogP contribution in [0.3, 0.4) is 0 Å². The lowest BCUT2D eigenvalue weighted by molar-refractivity contribution is -0.143. The Bertz CT molecular complexity index is 724. The third-order valence-corrected chi connectivity index (χ3v) is 5.10. The highest BCUT2D eigenvalue weighted by atomic mass is 32.2. The average molecular weight is 345 g/mol. The number of hydrogen-bond donors (Lipinski definition) is 1. The van der Waals surface area contributed by atoms with Crippen LogP contribution in [-0.4, -0.2) is 40.3 Å². The highest BCUT2D eigenvalue weighted by molar-refractivity contribution is 8.03. The fourth-order valence-electron chi connectivity index (χ4n) is 3.00. The first kappa shape index (κ1) is 16.6. The largest absolute Gasteiger partial charge is 0.478 e. The Kier molecular flexibility index (Phi) is 4.66. The van der Waals surface area contributed by atoms with Crippen molar-refractivity contribution in [2.45, 2.75) is 25.9 Å². The maximum absolute atomic E-state index is 12.7. The van der Waals surface area contributed by atoms with Crippen molar-refractivity contribution >= 4 is 23.7 Å². The van der Waals surface area contributed by atoms with E-state index in [0.29, 0.717) is 17.9 Å². The molecule has 0 bridgehead atoms. The highest BCUT2D eigenvalue weighted by Gasteiger charge is 2.42. The fraction of sp³-hybridized carbons (Fsp3) is 0.333. The van der Waals surface area contributed by atoms with Gasteiger partial charge in [0.1, 0.15) is 0 Å². The van der Waals surface area contributed by atoms with Gasteiger partial charge in [0.25, 0.3) is 0 Å². The van der Waals surface area contributed by atoms with Crippen molar-refractivity contribution in [1.29, 1.82) is 0 Å². The standard InChI is InChI=1S/C18H19NO4S/c1-11(2)23-18(22)16-14(12-6-4-3-5-7-12)9-19-13(8-15(20)21)10-24-17(16)19/h3-8,11,14H,9-10H2,1-2H3,(H,20,21)/b13-8+. The number of fused-ring (bicyclic) bond motifs is 1. The van der Waals surface area contributed by atoms with E-state index in [9.17, 15) is 9.59 Å². The molecule has 1 atom stereocenters. The molecule has 6 heteroatoms. The number of carboxylic acid groups (broad SMARTS) is 1. The monoisotopic (exact) mass is 345 g/mol. The molecule has 24 heavy (non-hydrogen) atoms. The number of rotatable bonds is 4. The van der Waals surface area contributed by atoms with Gasteiger partial charge < -0.3 is 14.7 Å². The van der Waals surface area contributed by atoms with Crippen LogP contribution in [0.4, 0.5) is 0 Å². The second-order valence-corrected chi connectivity index (χ2v) is 6.97. The molecular weight excluding hydrogens is 326 g/mol. The van der Waals surface area contributed by atoms with Gasteiger partial charge in [-0.05, 0) is 19.4 Å². The second kappa shape index (κ2) is 6.73. The Hall–Kier alpha value is -2.21. The van der Waals surface area contributed by atoms with Crippen LogP contribution in [0.25, 0.3) is 0 Å².